The van der Waals surface area contributed by atoms with Crippen molar-refractivity contribution < 1.29 is 14.3 Å². The van der Waals surface area contributed by atoms with Gasteiger partial charge in [-0.05, 0) is 25.1 Å². The molecule has 0 aliphatic rings. The molecule has 5 nitrogen and oxygen atoms in total. The van der Waals surface area contributed by atoms with E-state index in [1.54, 1.807) is 12.1 Å². The third-order valence-electron chi connectivity index (χ3n) is 2.25. The van der Waals surface area contributed by atoms with E-state index in [4.69, 9.17) is 4.42 Å². The van der Waals surface area contributed by atoms with E-state index >= 15 is 0 Å². The summed E-state index contributed by atoms with van der Waals surface area (Å²) in [6.07, 6.45) is 0. The lowest BCUT2D eigenvalue weighted by molar-refractivity contribution is -0.115. The minimum Gasteiger partial charge on any atom is -0.508 e. The highest BCUT2D eigenvalue weighted by Gasteiger charge is 2.06. The number of carbonyl (C=O) groups is 1. The third-order valence-corrected chi connectivity index (χ3v) is 2.25. The Hall–Kier alpha value is -2.30. The van der Waals surface area contributed by atoms with Crippen LogP contribution in [0.5, 0.6) is 5.75 Å². The van der Waals surface area contributed by atoms with E-state index in [9.17, 15) is 14.7 Å². The molecule has 0 amide bonds. The monoisotopic (exact) mass is 233 g/mol. The van der Waals surface area contributed by atoms with Gasteiger partial charge in [-0.25, -0.2) is 4.79 Å². The summed E-state index contributed by atoms with van der Waals surface area (Å²) in [6.45, 7) is 1.50. The maximum atomic E-state index is 11.5. The van der Waals surface area contributed by atoms with Crippen molar-refractivity contribution >= 4 is 22.4 Å². The Morgan fingerprint density at radius 3 is 2.88 bits per heavy atom. The molecule has 17 heavy (non-hydrogen) atoms. The van der Waals surface area contributed by atoms with Crippen molar-refractivity contribution in [2.75, 3.05) is 11.9 Å². The predicted octanol–water partition coefficient (Wildman–Crippen LogP) is 1.50. The third kappa shape index (κ3) is 2.44. The smallest absolute Gasteiger partial charge is 0.359 e. The number of carbonyl (C=O) groups excluding carboxylic acids is 1. The quantitative estimate of drug-likeness (QED) is 0.785. The topological polar surface area (TPSA) is 79.5 Å². The predicted molar refractivity (Wildman–Crippen MR) is 63.3 cm³/mol. The van der Waals surface area contributed by atoms with Gasteiger partial charge >= 0.3 is 5.63 Å². The van der Waals surface area contributed by atoms with E-state index in [-0.39, 0.29) is 23.8 Å². The Kier molecular flexibility index (Phi) is 2.82. The average molecular weight is 233 g/mol. The lowest BCUT2D eigenvalue weighted by Crippen LogP contribution is -2.15. The van der Waals surface area contributed by atoms with E-state index in [0.717, 1.165) is 0 Å². The van der Waals surface area contributed by atoms with Crippen LogP contribution in [0.25, 0.3) is 11.0 Å². The molecule has 88 valence electrons. The number of Topliss-reactive ketones (excluding diaryl/α,β-unsaturated/α-hetero) is 1. The molecule has 2 N–H and O–H groups in total. The first-order chi connectivity index (χ1) is 8.06. The van der Waals surface area contributed by atoms with Gasteiger partial charge in [0.05, 0.1) is 6.54 Å². The highest BCUT2D eigenvalue weighted by atomic mass is 16.4. The lowest BCUT2D eigenvalue weighted by Gasteiger charge is -2.04. The van der Waals surface area contributed by atoms with Crippen molar-refractivity contribution in [3.05, 3.63) is 34.7 Å². The minimum atomic E-state index is -0.565. The summed E-state index contributed by atoms with van der Waals surface area (Å²) >= 11 is 0. The summed E-state index contributed by atoms with van der Waals surface area (Å²) in [4.78, 5) is 22.3. The summed E-state index contributed by atoms with van der Waals surface area (Å²) in [5.74, 6) is -0.0414. The number of hydrogen-bond acceptors (Lipinski definition) is 5. The van der Waals surface area contributed by atoms with Crippen molar-refractivity contribution in [1.82, 2.24) is 0 Å². The van der Waals surface area contributed by atoms with Gasteiger partial charge < -0.3 is 14.8 Å². The fraction of sp³-hybridized carbons (Fsp3) is 0.167. The highest BCUT2D eigenvalue weighted by Crippen LogP contribution is 2.20. The number of aromatic hydroxyl groups is 1. The average Bonchev–Trinajstić information content (AvgIpc) is 2.26. The van der Waals surface area contributed by atoms with Gasteiger partial charge in [-0.15, -0.1) is 0 Å². The van der Waals surface area contributed by atoms with E-state index in [2.05, 4.69) is 5.32 Å². The minimum absolute atomic E-state index is 0.0325. The number of benzene rings is 1. The molecular weight excluding hydrogens is 222 g/mol. The molecule has 1 aromatic carbocycles. The molecule has 1 heterocycles. The first kappa shape index (κ1) is 11.2. The van der Waals surface area contributed by atoms with E-state index in [0.29, 0.717) is 11.0 Å². The van der Waals surface area contributed by atoms with Gasteiger partial charge in [-0.1, -0.05) is 0 Å². The fourth-order valence-corrected chi connectivity index (χ4v) is 1.44. The second-order valence-electron chi connectivity index (χ2n) is 3.73. The second kappa shape index (κ2) is 4.29. The normalized spacial score (nSPS) is 10.4. The van der Waals surface area contributed by atoms with Crippen LogP contribution >= 0.6 is 0 Å². The summed E-state index contributed by atoms with van der Waals surface area (Å²) in [7, 11) is 0. The molecule has 0 bridgehead atoms. The number of phenols is 1. The number of phenolic OH excluding ortho intramolecular Hbond substituents is 1. The van der Waals surface area contributed by atoms with Crippen molar-refractivity contribution in [2.45, 2.75) is 6.92 Å². The number of nitrogens with one attached hydrogen (secondary N) is 1. The molecule has 2 aromatic rings. The van der Waals surface area contributed by atoms with Crippen molar-refractivity contribution in [1.29, 1.82) is 0 Å². The summed E-state index contributed by atoms with van der Waals surface area (Å²) in [6, 6.07) is 6.08. The van der Waals surface area contributed by atoms with E-state index < -0.39 is 5.63 Å². The van der Waals surface area contributed by atoms with Crippen LogP contribution in [0.3, 0.4) is 0 Å². The zero-order chi connectivity index (χ0) is 12.4. The summed E-state index contributed by atoms with van der Waals surface area (Å²) in [5, 5.41) is 12.6. The second-order valence-corrected chi connectivity index (χ2v) is 3.73. The molecule has 0 saturated carbocycles. The summed E-state index contributed by atoms with van der Waals surface area (Å²) in [5.41, 5.74) is -0.0221. The largest absolute Gasteiger partial charge is 0.508 e. The zero-order valence-corrected chi connectivity index (χ0v) is 9.19. The SMILES string of the molecule is CC(=O)CNc1cc2ccc(O)cc2oc1=O. The molecule has 0 aliphatic heterocycles. The van der Waals surface area contributed by atoms with Gasteiger partial charge in [-0.3, -0.25) is 4.79 Å². The molecule has 2 rings (SSSR count). The van der Waals surface area contributed by atoms with Crippen LogP contribution in [0.2, 0.25) is 0 Å². The van der Waals surface area contributed by atoms with E-state index in [1.807, 2.05) is 0 Å². The number of anilines is 1. The van der Waals surface area contributed by atoms with Crippen molar-refractivity contribution in [3.8, 4) is 5.75 Å². The maximum Gasteiger partial charge on any atom is 0.359 e. The van der Waals surface area contributed by atoms with Crippen LogP contribution in [-0.2, 0) is 4.79 Å². The van der Waals surface area contributed by atoms with Crippen LogP contribution < -0.4 is 10.9 Å². The Morgan fingerprint density at radius 2 is 2.18 bits per heavy atom. The fourth-order valence-electron chi connectivity index (χ4n) is 1.44. The summed E-state index contributed by atoms with van der Waals surface area (Å²) < 4.78 is 5.02. The van der Waals surface area contributed by atoms with Crippen molar-refractivity contribution in [3.63, 3.8) is 0 Å². The molecule has 0 saturated heterocycles. The van der Waals surface area contributed by atoms with Crippen LogP contribution in [-0.4, -0.2) is 17.4 Å². The van der Waals surface area contributed by atoms with Gasteiger partial charge in [-0.2, -0.15) is 0 Å². The number of hydrogen-bond donors (Lipinski definition) is 2. The molecule has 0 aliphatic carbocycles. The van der Waals surface area contributed by atoms with Crippen LogP contribution in [0, 0.1) is 0 Å². The molecule has 5 heteroatoms. The van der Waals surface area contributed by atoms with Crippen LogP contribution in [0.4, 0.5) is 5.69 Å². The first-order valence-corrected chi connectivity index (χ1v) is 5.06. The Morgan fingerprint density at radius 1 is 1.41 bits per heavy atom. The van der Waals surface area contributed by atoms with Gasteiger partial charge in [0.2, 0.25) is 0 Å². The molecule has 0 atom stereocenters. The molecule has 0 radical (unpaired) electrons. The lowest BCUT2D eigenvalue weighted by atomic mass is 10.2. The molecule has 0 spiro atoms. The molecular formula is C12H11NO4. The molecule has 1 aromatic heterocycles. The Labute approximate surface area is 96.7 Å². The molecule has 0 fully saturated rings. The van der Waals surface area contributed by atoms with Gasteiger partial charge in [0.25, 0.3) is 0 Å². The zero-order valence-electron chi connectivity index (χ0n) is 9.19. The van der Waals surface area contributed by atoms with Gasteiger partial charge in [0.15, 0.2) is 0 Å². The van der Waals surface area contributed by atoms with Gasteiger partial charge in [0, 0.05) is 11.5 Å². The van der Waals surface area contributed by atoms with Crippen molar-refractivity contribution in [2.24, 2.45) is 0 Å². The number of fused-ring (bicyclic) bond motifs is 1. The van der Waals surface area contributed by atoms with Crippen LogP contribution in [0.15, 0.2) is 33.5 Å². The first-order valence-electron chi connectivity index (χ1n) is 5.06. The van der Waals surface area contributed by atoms with Gasteiger partial charge in [0.1, 0.15) is 22.8 Å². The molecule has 0 unspecified atom stereocenters. The number of ketones is 1. The van der Waals surface area contributed by atoms with E-state index in [1.165, 1.54) is 19.1 Å². The maximum absolute atomic E-state index is 11.5. The highest BCUT2D eigenvalue weighted by molar-refractivity contribution is 5.83. The standard InChI is InChI=1S/C12H11NO4/c1-7(14)6-13-10-4-8-2-3-9(15)5-11(8)17-12(10)16/h2-5,13,15H,6H2,1H3. The Balaban J connectivity index is 2.45. The Bertz CT molecular complexity index is 630. The number of rotatable bonds is 3. The van der Waals surface area contributed by atoms with Crippen LogP contribution in [0.1, 0.15) is 6.92 Å².